The first-order chi connectivity index (χ1) is 7.45. The number of carboxylic acids is 1. The van der Waals surface area contributed by atoms with Crippen LogP contribution in [0.3, 0.4) is 0 Å². The second-order valence-electron chi connectivity index (χ2n) is 4.17. The molecule has 0 heterocycles. The van der Waals surface area contributed by atoms with Gasteiger partial charge in [-0.3, -0.25) is 9.59 Å². The topological polar surface area (TPSA) is 92.4 Å². The molecule has 0 bridgehead atoms. The molecule has 0 fully saturated rings. The highest BCUT2D eigenvalue weighted by atomic mass is 16.4. The summed E-state index contributed by atoms with van der Waals surface area (Å²) < 4.78 is 0. The third kappa shape index (κ3) is 8.23. The second-order valence-corrected chi connectivity index (χ2v) is 4.17. The Morgan fingerprint density at radius 3 is 2.44 bits per heavy atom. The normalized spacial score (nSPS) is 14.2. The molecule has 0 aromatic carbocycles. The molecule has 0 radical (unpaired) electrons. The molecule has 4 N–H and O–H groups in total. The number of hydrogen-bond acceptors (Lipinski definition) is 3. The van der Waals surface area contributed by atoms with Crippen molar-refractivity contribution in [2.45, 2.75) is 58.0 Å². The Morgan fingerprint density at radius 2 is 2.00 bits per heavy atom. The number of nitrogens with two attached hydrogens (primary N) is 1. The number of hydrogen-bond donors (Lipinski definition) is 3. The molecule has 5 nitrogen and oxygen atoms in total. The SMILES string of the molecule is CCCC(CC(=O)O)NC(=O)CCC(C)N. The van der Waals surface area contributed by atoms with E-state index < -0.39 is 5.97 Å². The van der Waals surface area contributed by atoms with Crippen molar-refractivity contribution >= 4 is 11.9 Å². The number of carbonyl (C=O) groups excluding carboxylic acids is 1. The van der Waals surface area contributed by atoms with Gasteiger partial charge in [0.05, 0.1) is 6.42 Å². The fraction of sp³-hybridized carbons (Fsp3) is 0.818. The molecule has 94 valence electrons. The predicted molar refractivity (Wildman–Crippen MR) is 62.0 cm³/mol. The fourth-order valence-corrected chi connectivity index (χ4v) is 1.44. The quantitative estimate of drug-likeness (QED) is 0.577. The number of aliphatic carboxylic acids is 1. The minimum Gasteiger partial charge on any atom is -0.481 e. The predicted octanol–water partition coefficient (Wildman–Crippen LogP) is 0.873. The van der Waals surface area contributed by atoms with Crippen LogP contribution < -0.4 is 11.1 Å². The van der Waals surface area contributed by atoms with Crippen molar-refractivity contribution in [3.8, 4) is 0 Å². The lowest BCUT2D eigenvalue weighted by molar-refractivity contribution is -0.137. The first-order valence-corrected chi connectivity index (χ1v) is 5.72. The molecule has 0 aliphatic carbocycles. The van der Waals surface area contributed by atoms with Crippen LogP contribution in [-0.2, 0) is 9.59 Å². The van der Waals surface area contributed by atoms with Crippen LogP contribution in [0.25, 0.3) is 0 Å². The van der Waals surface area contributed by atoms with Crippen molar-refractivity contribution in [1.29, 1.82) is 0 Å². The zero-order chi connectivity index (χ0) is 12.6. The van der Waals surface area contributed by atoms with Crippen molar-refractivity contribution < 1.29 is 14.7 Å². The van der Waals surface area contributed by atoms with E-state index in [-0.39, 0.29) is 24.4 Å². The molecular weight excluding hydrogens is 208 g/mol. The summed E-state index contributed by atoms with van der Waals surface area (Å²) in [5, 5.41) is 11.4. The van der Waals surface area contributed by atoms with Gasteiger partial charge in [-0.15, -0.1) is 0 Å². The van der Waals surface area contributed by atoms with E-state index in [0.717, 1.165) is 6.42 Å². The lowest BCUT2D eigenvalue weighted by Gasteiger charge is -2.16. The molecule has 5 heteroatoms. The average Bonchev–Trinajstić information content (AvgIpc) is 2.14. The molecule has 0 rings (SSSR count). The minimum absolute atomic E-state index is 0.00477. The van der Waals surface area contributed by atoms with Gasteiger partial charge in [0.1, 0.15) is 0 Å². The fourth-order valence-electron chi connectivity index (χ4n) is 1.44. The van der Waals surface area contributed by atoms with Gasteiger partial charge in [0.15, 0.2) is 0 Å². The molecule has 0 aromatic rings. The van der Waals surface area contributed by atoms with Crippen molar-refractivity contribution in [1.82, 2.24) is 5.32 Å². The summed E-state index contributed by atoms with van der Waals surface area (Å²) in [5.74, 6) is -0.997. The number of nitrogens with one attached hydrogen (secondary N) is 1. The highest BCUT2D eigenvalue weighted by molar-refractivity contribution is 5.77. The Morgan fingerprint density at radius 1 is 1.38 bits per heavy atom. The van der Waals surface area contributed by atoms with Gasteiger partial charge in [0.2, 0.25) is 5.91 Å². The van der Waals surface area contributed by atoms with Crippen LogP contribution in [0.15, 0.2) is 0 Å². The van der Waals surface area contributed by atoms with E-state index >= 15 is 0 Å². The standard InChI is InChI=1S/C11H22N2O3/c1-3-4-9(7-11(15)16)13-10(14)6-5-8(2)12/h8-9H,3-7,12H2,1-2H3,(H,13,14)(H,15,16). The van der Waals surface area contributed by atoms with Crippen LogP contribution in [0.2, 0.25) is 0 Å². The van der Waals surface area contributed by atoms with E-state index in [1.165, 1.54) is 0 Å². The largest absolute Gasteiger partial charge is 0.481 e. The molecular formula is C11H22N2O3. The number of carbonyl (C=O) groups is 2. The highest BCUT2D eigenvalue weighted by Gasteiger charge is 2.14. The Balaban J connectivity index is 3.97. The van der Waals surface area contributed by atoms with E-state index in [2.05, 4.69) is 5.32 Å². The summed E-state index contributed by atoms with van der Waals surface area (Å²) in [7, 11) is 0. The Kier molecular flexibility index (Phi) is 7.54. The maximum absolute atomic E-state index is 11.5. The molecule has 0 aliphatic rings. The summed E-state index contributed by atoms with van der Waals surface area (Å²) in [6.45, 7) is 3.80. The lowest BCUT2D eigenvalue weighted by atomic mass is 10.1. The van der Waals surface area contributed by atoms with Gasteiger partial charge < -0.3 is 16.2 Å². The van der Waals surface area contributed by atoms with Crippen LogP contribution in [0.4, 0.5) is 0 Å². The zero-order valence-corrected chi connectivity index (χ0v) is 10.0. The summed E-state index contributed by atoms with van der Waals surface area (Å²) in [6, 6.07) is -0.266. The zero-order valence-electron chi connectivity index (χ0n) is 10.0. The monoisotopic (exact) mass is 230 g/mol. The van der Waals surface area contributed by atoms with E-state index in [1.807, 2.05) is 13.8 Å². The molecule has 0 saturated carbocycles. The molecule has 0 saturated heterocycles. The van der Waals surface area contributed by atoms with E-state index in [1.54, 1.807) is 0 Å². The number of rotatable bonds is 8. The first kappa shape index (κ1) is 14.9. The second kappa shape index (κ2) is 8.10. The third-order valence-electron chi connectivity index (χ3n) is 2.25. The van der Waals surface area contributed by atoms with Gasteiger partial charge in [0, 0.05) is 18.5 Å². The third-order valence-corrected chi connectivity index (χ3v) is 2.25. The van der Waals surface area contributed by atoms with Crippen molar-refractivity contribution in [3.05, 3.63) is 0 Å². The van der Waals surface area contributed by atoms with Gasteiger partial charge in [-0.1, -0.05) is 13.3 Å². The van der Waals surface area contributed by atoms with Crippen LogP contribution in [0.5, 0.6) is 0 Å². The minimum atomic E-state index is -0.883. The van der Waals surface area contributed by atoms with Crippen LogP contribution in [-0.4, -0.2) is 29.1 Å². The Hall–Kier alpha value is -1.10. The maximum atomic E-state index is 11.5. The van der Waals surface area contributed by atoms with Crippen molar-refractivity contribution in [2.24, 2.45) is 5.73 Å². The summed E-state index contributed by atoms with van der Waals surface area (Å²) in [6.07, 6.45) is 2.51. The van der Waals surface area contributed by atoms with E-state index in [4.69, 9.17) is 10.8 Å². The first-order valence-electron chi connectivity index (χ1n) is 5.72. The molecule has 0 aliphatic heterocycles. The van der Waals surface area contributed by atoms with Crippen molar-refractivity contribution in [3.63, 3.8) is 0 Å². The smallest absolute Gasteiger partial charge is 0.305 e. The van der Waals surface area contributed by atoms with Crippen LogP contribution >= 0.6 is 0 Å². The maximum Gasteiger partial charge on any atom is 0.305 e. The van der Waals surface area contributed by atoms with E-state index in [9.17, 15) is 9.59 Å². The molecule has 2 atom stereocenters. The molecule has 0 aromatic heterocycles. The molecule has 0 spiro atoms. The highest BCUT2D eigenvalue weighted by Crippen LogP contribution is 2.03. The van der Waals surface area contributed by atoms with Crippen molar-refractivity contribution in [2.75, 3.05) is 0 Å². The Bertz CT molecular complexity index is 229. The van der Waals surface area contributed by atoms with E-state index in [0.29, 0.717) is 19.3 Å². The lowest BCUT2D eigenvalue weighted by Crippen LogP contribution is -2.36. The molecule has 1 amide bonds. The van der Waals surface area contributed by atoms with Gasteiger partial charge in [-0.2, -0.15) is 0 Å². The molecule has 16 heavy (non-hydrogen) atoms. The number of amides is 1. The van der Waals surface area contributed by atoms with Crippen LogP contribution in [0, 0.1) is 0 Å². The average molecular weight is 230 g/mol. The van der Waals surface area contributed by atoms with Gasteiger partial charge >= 0.3 is 5.97 Å². The summed E-state index contributed by atoms with van der Waals surface area (Å²) >= 11 is 0. The van der Waals surface area contributed by atoms with Gasteiger partial charge in [-0.05, 0) is 19.8 Å². The summed E-state index contributed by atoms with van der Waals surface area (Å²) in [4.78, 5) is 22.0. The number of carboxylic acid groups (broad SMARTS) is 1. The van der Waals surface area contributed by atoms with Crippen LogP contribution in [0.1, 0.15) is 46.0 Å². The van der Waals surface area contributed by atoms with Gasteiger partial charge in [-0.25, -0.2) is 0 Å². The Labute approximate surface area is 96.4 Å². The summed E-state index contributed by atoms with van der Waals surface area (Å²) in [5.41, 5.74) is 5.54. The van der Waals surface area contributed by atoms with Gasteiger partial charge in [0.25, 0.3) is 0 Å². The molecule has 2 unspecified atom stereocenters.